The summed E-state index contributed by atoms with van der Waals surface area (Å²) >= 11 is 0. The van der Waals surface area contributed by atoms with E-state index in [1.165, 1.54) is 12.8 Å². The van der Waals surface area contributed by atoms with Crippen LogP contribution in [0.1, 0.15) is 59.3 Å². The van der Waals surface area contributed by atoms with Crippen molar-refractivity contribution in [2.45, 2.75) is 65.4 Å². The zero-order chi connectivity index (χ0) is 15.0. The average Bonchev–Trinajstić information content (AvgIpc) is 2.61. The van der Waals surface area contributed by atoms with E-state index in [4.69, 9.17) is 4.74 Å². The molecular formula is C16H31NO3. The topological polar surface area (TPSA) is 58.6 Å². The van der Waals surface area contributed by atoms with Crippen LogP contribution >= 0.6 is 0 Å². The second kappa shape index (κ2) is 8.63. The van der Waals surface area contributed by atoms with Crippen LogP contribution in [0.4, 0.5) is 0 Å². The van der Waals surface area contributed by atoms with Crippen molar-refractivity contribution in [3.05, 3.63) is 0 Å². The molecule has 2 N–H and O–H groups in total. The number of carbonyl (C=O) groups is 1. The fourth-order valence-electron chi connectivity index (χ4n) is 2.66. The maximum atomic E-state index is 12.3. The number of hydrogen-bond donors (Lipinski definition) is 2. The lowest BCUT2D eigenvalue weighted by Crippen LogP contribution is -2.43. The monoisotopic (exact) mass is 285 g/mol. The van der Waals surface area contributed by atoms with Gasteiger partial charge in [0.1, 0.15) is 0 Å². The number of nitrogens with one attached hydrogen (secondary N) is 1. The van der Waals surface area contributed by atoms with Crippen molar-refractivity contribution in [3.63, 3.8) is 0 Å². The number of hydrogen-bond acceptors (Lipinski definition) is 3. The molecule has 1 rings (SSSR count). The predicted molar refractivity (Wildman–Crippen MR) is 80.5 cm³/mol. The standard InChI is InChI=1S/C16H31NO3/c1-13(2)11-20-12-14(18)10-17-15(19)16(3)8-6-4-5-7-9-16/h13-14,18H,4-12H2,1-3H3,(H,17,19). The number of aliphatic hydroxyl groups is 1. The van der Waals surface area contributed by atoms with Gasteiger partial charge >= 0.3 is 0 Å². The molecule has 0 aromatic rings. The van der Waals surface area contributed by atoms with Gasteiger partial charge in [-0.15, -0.1) is 0 Å². The number of ether oxygens (including phenoxy) is 1. The molecule has 0 heterocycles. The summed E-state index contributed by atoms with van der Waals surface area (Å²) in [5.41, 5.74) is -0.255. The lowest BCUT2D eigenvalue weighted by Gasteiger charge is -2.27. The first-order chi connectivity index (χ1) is 9.44. The van der Waals surface area contributed by atoms with Gasteiger partial charge in [0.15, 0.2) is 0 Å². The van der Waals surface area contributed by atoms with Crippen LogP contribution in [0.2, 0.25) is 0 Å². The van der Waals surface area contributed by atoms with E-state index in [-0.39, 0.29) is 24.5 Å². The lowest BCUT2D eigenvalue weighted by molar-refractivity contribution is -0.131. The van der Waals surface area contributed by atoms with E-state index in [0.717, 1.165) is 25.7 Å². The van der Waals surface area contributed by atoms with Crippen LogP contribution in [0, 0.1) is 11.3 Å². The fraction of sp³-hybridized carbons (Fsp3) is 0.938. The van der Waals surface area contributed by atoms with Crippen LogP contribution in [-0.2, 0) is 9.53 Å². The Kier molecular flexibility index (Phi) is 7.52. The van der Waals surface area contributed by atoms with Gasteiger partial charge in [0, 0.05) is 18.6 Å². The van der Waals surface area contributed by atoms with Gasteiger partial charge in [0.25, 0.3) is 0 Å². The first-order valence-corrected chi connectivity index (χ1v) is 7.98. The Morgan fingerprint density at radius 2 is 1.80 bits per heavy atom. The third kappa shape index (κ3) is 6.23. The Bertz CT molecular complexity index is 283. The van der Waals surface area contributed by atoms with Crippen molar-refractivity contribution >= 4 is 5.91 Å². The van der Waals surface area contributed by atoms with Gasteiger partial charge in [-0.25, -0.2) is 0 Å². The summed E-state index contributed by atoms with van der Waals surface area (Å²) in [6.07, 6.45) is 6.02. The summed E-state index contributed by atoms with van der Waals surface area (Å²) in [5.74, 6) is 0.545. The van der Waals surface area contributed by atoms with Gasteiger partial charge in [0.05, 0.1) is 12.7 Å². The minimum absolute atomic E-state index is 0.0855. The molecule has 4 nitrogen and oxygen atoms in total. The van der Waals surface area contributed by atoms with Crippen LogP contribution < -0.4 is 5.32 Å². The van der Waals surface area contributed by atoms with E-state index in [2.05, 4.69) is 26.1 Å². The largest absolute Gasteiger partial charge is 0.389 e. The molecule has 0 saturated heterocycles. The van der Waals surface area contributed by atoms with Crippen LogP contribution in [-0.4, -0.2) is 36.9 Å². The molecule has 0 aromatic heterocycles. The molecular weight excluding hydrogens is 254 g/mol. The highest BCUT2D eigenvalue weighted by atomic mass is 16.5. The van der Waals surface area contributed by atoms with Crippen LogP contribution in [0.15, 0.2) is 0 Å². The van der Waals surface area contributed by atoms with Gasteiger partial charge in [-0.05, 0) is 18.8 Å². The van der Waals surface area contributed by atoms with Crippen LogP contribution in [0.3, 0.4) is 0 Å². The maximum Gasteiger partial charge on any atom is 0.226 e. The summed E-state index contributed by atoms with van der Waals surface area (Å²) in [6.45, 7) is 7.40. The molecule has 1 aliphatic rings. The van der Waals surface area contributed by atoms with E-state index in [0.29, 0.717) is 12.5 Å². The van der Waals surface area contributed by atoms with Crippen molar-refractivity contribution in [3.8, 4) is 0 Å². The molecule has 0 radical (unpaired) electrons. The molecule has 118 valence electrons. The van der Waals surface area contributed by atoms with Gasteiger partial charge in [0.2, 0.25) is 5.91 Å². The Morgan fingerprint density at radius 3 is 2.35 bits per heavy atom. The highest BCUT2D eigenvalue weighted by molar-refractivity contribution is 5.82. The van der Waals surface area contributed by atoms with Crippen molar-refractivity contribution in [1.82, 2.24) is 5.32 Å². The second-order valence-electron chi connectivity index (χ2n) is 6.77. The predicted octanol–water partition coefficient (Wildman–Crippen LogP) is 2.50. The number of aliphatic hydroxyl groups excluding tert-OH is 1. The molecule has 20 heavy (non-hydrogen) atoms. The van der Waals surface area contributed by atoms with Crippen LogP contribution in [0.25, 0.3) is 0 Å². The molecule has 1 amide bonds. The average molecular weight is 285 g/mol. The number of rotatable bonds is 7. The van der Waals surface area contributed by atoms with Crippen molar-refractivity contribution < 1.29 is 14.6 Å². The normalized spacial score (nSPS) is 20.4. The minimum atomic E-state index is -0.618. The molecule has 0 bridgehead atoms. The SMILES string of the molecule is CC(C)COCC(O)CNC(=O)C1(C)CCCCCC1. The first-order valence-electron chi connectivity index (χ1n) is 7.98. The van der Waals surface area contributed by atoms with E-state index < -0.39 is 6.10 Å². The third-order valence-electron chi connectivity index (χ3n) is 4.01. The van der Waals surface area contributed by atoms with E-state index >= 15 is 0 Å². The van der Waals surface area contributed by atoms with Gasteiger partial charge in [-0.2, -0.15) is 0 Å². The van der Waals surface area contributed by atoms with Gasteiger partial charge in [-0.1, -0.05) is 46.5 Å². The smallest absolute Gasteiger partial charge is 0.226 e. The fourth-order valence-corrected chi connectivity index (χ4v) is 2.66. The summed E-state index contributed by atoms with van der Waals surface area (Å²) in [4.78, 5) is 12.3. The molecule has 4 heteroatoms. The first kappa shape index (κ1) is 17.4. The molecule has 1 aliphatic carbocycles. The second-order valence-corrected chi connectivity index (χ2v) is 6.77. The molecule has 1 atom stereocenters. The molecule has 0 aromatic carbocycles. The molecule has 0 aliphatic heterocycles. The Hall–Kier alpha value is -0.610. The Morgan fingerprint density at radius 1 is 1.20 bits per heavy atom. The quantitative estimate of drug-likeness (QED) is 0.707. The Labute approximate surface area is 123 Å². The van der Waals surface area contributed by atoms with E-state index in [1.54, 1.807) is 0 Å². The summed E-state index contributed by atoms with van der Waals surface area (Å²) in [7, 11) is 0. The number of amides is 1. The summed E-state index contributed by atoms with van der Waals surface area (Å²) in [5, 5.41) is 12.7. The maximum absolute atomic E-state index is 12.3. The molecule has 1 fully saturated rings. The molecule has 1 unspecified atom stereocenters. The summed E-state index contributed by atoms with van der Waals surface area (Å²) in [6, 6.07) is 0. The lowest BCUT2D eigenvalue weighted by atomic mass is 9.81. The summed E-state index contributed by atoms with van der Waals surface area (Å²) < 4.78 is 5.38. The zero-order valence-corrected chi connectivity index (χ0v) is 13.3. The van der Waals surface area contributed by atoms with Gasteiger partial charge < -0.3 is 15.2 Å². The van der Waals surface area contributed by atoms with E-state index in [9.17, 15) is 9.90 Å². The minimum Gasteiger partial charge on any atom is -0.389 e. The molecule has 1 saturated carbocycles. The highest BCUT2D eigenvalue weighted by Gasteiger charge is 2.33. The molecule has 0 spiro atoms. The van der Waals surface area contributed by atoms with E-state index in [1.807, 2.05) is 0 Å². The van der Waals surface area contributed by atoms with Crippen molar-refractivity contribution in [1.29, 1.82) is 0 Å². The number of carbonyl (C=O) groups excluding carboxylic acids is 1. The highest BCUT2D eigenvalue weighted by Crippen LogP contribution is 2.34. The van der Waals surface area contributed by atoms with Crippen LogP contribution in [0.5, 0.6) is 0 Å². The van der Waals surface area contributed by atoms with Crippen molar-refractivity contribution in [2.75, 3.05) is 19.8 Å². The van der Waals surface area contributed by atoms with Crippen molar-refractivity contribution in [2.24, 2.45) is 11.3 Å². The van der Waals surface area contributed by atoms with Gasteiger partial charge in [-0.3, -0.25) is 4.79 Å². The zero-order valence-electron chi connectivity index (χ0n) is 13.3. The third-order valence-corrected chi connectivity index (χ3v) is 4.01. The Balaban J connectivity index is 2.27.